The molecule has 3 aromatic rings. The first kappa shape index (κ1) is 22.4. The van der Waals surface area contributed by atoms with Crippen molar-refractivity contribution >= 4 is 21.6 Å². The van der Waals surface area contributed by atoms with Crippen molar-refractivity contribution in [1.82, 2.24) is 5.32 Å². The van der Waals surface area contributed by atoms with Crippen LogP contribution in [0.5, 0.6) is 5.75 Å². The van der Waals surface area contributed by atoms with Crippen molar-refractivity contribution in [2.24, 2.45) is 0 Å². The van der Waals surface area contributed by atoms with Gasteiger partial charge in [-0.05, 0) is 74.4 Å². The summed E-state index contributed by atoms with van der Waals surface area (Å²) < 4.78 is 32.9. The maximum atomic E-state index is 12.8. The van der Waals surface area contributed by atoms with E-state index < -0.39 is 10.0 Å². The Labute approximate surface area is 183 Å². The van der Waals surface area contributed by atoms with E-state index >= 15 is 0 Å². The Morgan fingerprint density at radius 3 is 2.35 bits per heavy atom. The molecule has 3 aromatic carbocycles. The van der Waals surface area contributed by atoms with Gasteiger partial charge in [0.05, 0.1) is 18.0 Å². The Hall–Kier alpha value is -3.32. The zero-order chi connectivity index (χ0) is 22.6. The summed E-state index contributed by atoms with van der Waals surface area (Å²) >= 11 is 0. The monoisotopic (exact) mass is 438 g/mol. The lowest BCUT2D eigenvalue weighted by molar-refractivity contribution is 0.0940. The summed E-state index contributed by atoms with van der Waals surface area (Å²) in [6.45, 7) is 5.94. The number of sulfonamides is 1. The van der Waals surface area contributed by atoms with Crippen LogP contribution < -0.4 is 14.8 Å². The number of hydrogen-bond donors (Lipinski definition) is 2. The first-order chi connectivity index (χ1) is 14.7. The highest BCUT2D eigenvalue weighted by atomic mass is 32.2. The lowest BCUT2D eigenvalue weighted by atomic mass is 9.99. The van der Waals surface area contributed by atoms with E-state index in [1.807, 2.05) is 32.9 Å². The molecule has 0 aliphatic rings. The van der Waals surface area contributed by atoms with E-state index in [9.17, 15) is 13.2 Å². The van der Waals surface area contributed by atoms with Gasteiger partial charge in [-0.3, -0.25) is 9.52 Å². The zero-order valence-corrected chi connectivity index (χ0v) is 18.8. The first-order valence-electron chi connectivity index (χ1n) is 9.84. The van der Waals surface area contributed by atoms with Crippen LogP contribution in [0.1, 0.15) is 40.0 Å². The van der Waals surface area contributed by atoms with Gasteiger partial charge in [-0.1, -0.05) is 29.8 Å². The number of nitrogens with one attached hydrogen (secondary N) is 2. The summed E-state index contributed by atoms with van der Waals surface area (Å²) in [5.41, 5.74) is 3.94. The number of benzene rings is 3. The summed E-state index contributed by atoms with van der Waals surface area (Å²) in [6, 6.07) is 18.4. The molecule has 7 heteroatoms. The quantitative estimate of drug-likeness (QED) is 0.564. The minimum atomic E-state index is -3.79. The highest BCUT2D eigenvalue weighted by molar-refractivity contribution is 7.92. The molecule has 0 saturated heterocycles. The lowest BCUT2D eigenvalue weighted by Gasteiger charge is -2.18. The van der Waals surface area contributed by atoms with Gasteiger partial charge in [0.25, 0.3) is 15.9 Å². The minimum Gasteiger partial charge on any atom is -0.497 e. The Balaban J connectivity index is 1.76. The average Bonchev–Trinajstić information content (AvgIpc) is 2.75. The van der Waals surface area contributed by atoms with Gasteiger partial charge in [0, 0.05) is 11.3 Å². The van der Waals surface area contributed by atoms with Crippen LogP contribution in [0.4, 0.5) is 5.69 Å². The molecule has 0 heterocycles. The molecule has 0 bridgehead atoms. The molecule has 1 amide bonds. The van der Waals surface area contributed by atoms with E-state index in [1.165, 1.54) is 25.3 Å². The summed E-state index contributed by atoms with van der Waals surface area (Å²) in [5, 5.41) is 2.98. The molecule has 0 saturated carbocycles. The number of anilines is 1. The Morgan fingerprint density at radius 1 is 0.968 bits per heavy atom. The highest BCUT2D eigenvalue weighted by Crippen LogP contribution is 2.22. The molecule has 3 rings (SSSR count). The molecule has 0 aliphatic carbocycles. The lowest BCUT2D eigenvalue weighted by Crippen LogP contribution is -2.27. The van der Waals surface area contributed by atoms with Crippen LogP contribution in [0, 0.1) is 13.8 Å². The third-order valence-electron chi connectivity index (χ3n) is 5.00. The zero-order valence-electron chi connectivity index (χ0n) is 18.0. The number of ether oxygens (including phenoxy) is 1. The normalized spacial score (nSPS) is 12.1. The van der Waals surface area contributed by atoms with Crippen LogP contribution in [-0.4, -0.2) is 21.4 Å². The topological polar surface area (TPSA) is 84.5 Å². The van der Waals surface area contributed by atoms with Crippen molar-refractivity contribution in [3.8, 4) is 5.75 Å². The molecule has 1 unspecified atom stereocenters. The van der Waals surface area contributed by atoms with Gasteiger partial charge in [-0.15, -0.1) is 0 Å². The molecule has 6 nitrogen and oxygen atoms in total. The summed E-state index contributed by atoms with van der Waals surface area (Å²) in [5.74, 6) is 0.287. The minimum absolute atomic E-state index is 0.103. The van der Waals surface area contributed by atoms with Crippen LogP contribution in [0.15, 0.2) is 71.6 Å². The van der Waals surface area contributed by atoms with Crippen LogP contribution in [0.25, 0.3) is 0 Å². The van der Waals surface area contributed by atoms with E-state index in [0.717, 1.165) is 16.7 Å². The molecule has 162 valence electrons. The van der Waals surface area contributed by atoms with E-state index in [1.54, 1.807) is 30.3 Å². The van der Waals surface area contributed by atoms with Crippen LogP contribution in [0.2, 0.25) is 0 Å². The van der Waals surface area contributed by atoms with Crippen molar-refractivity contribution in [2.75, 3.05) is 11.8 Å². The van der Waals surface area contributed by atoms with E-state index in [0.29, 0.717) is 17.0 Å². The Bertz CT molecular complexity index is 1190. The number of methoxy groups -OCH3 is 1. The molecule has 0 spiro atoms. The molecular weight excluding hydrogens is 412 g/mol. The van der Waals surface area contributed by atoms with Crippen LogP contribution in [-0.2, 0) is 10.0 Å². The second kappa shape index (κ2) is 9.22. The second-order valence-corrected chi connectivity index (χ2v) is 9.10. The van der Waals surface area contributed by atoms with Crippen molar-refractivity contribution in [3.63, 3.8) is 0 Å². The summed E-state index contributed by atoms with van der Waals surface area (Å²) in [7, 11) is -2.28. The van der Waals surface area contributed by atoms with Gasteiger partial charge < -0.3 is 10.1 Å². The predicted molar refractivity (Wildman–Crippen MR) is 122 cm³/mol. The average molecular weight is 439 g/mol. The standard InChI is InChI=1S/C24H26N2O4S/c1-16-8-9-17(2)23(14-16)18(3)25-24(27)19-6-5-7-20(15-19)26-31(28,29)22-12-10-21(30-4)11-13-22/h5-15,18,26H,1-4H3,(H,25,27). The number of hydrogen-bond acceptors (Lipinski definition) is 4. The first-order valence-corrected chi connectivity index (χ1v) is 11.3. The number of carbonyl (C=O) groups excluding carboxylic acids is 1. The second-order valence-electron chi connectivity index (χ2n) is 7.42. The van der Waals surface area contributed by atoms with Crippen LogP contribution >= 0.6 is 0 Å². The van der Waals surface area contributed by atoms with Gasteiger partial charge >= 0.3 is 0 Å². The van der Waals surface area contributed by atoms with Gasteiger partial charge in [-0.25, -0.2) is 8.42 Å². The van der Waals surface area contributed by atoms with Crippen molar-refractivity contribution in [1.29, 1.82) is 0 Å². The van der Waals surface area contributed by atoms with Gasteiger partial charge in [-0.2, -0.15) is 0 Å². The largest absolute Gasteiger partial charge is 0.497 e. The number of carbonyl (C=O) groups is 1. The SMILES string of the molecule is COc1ccc(S(=O)(=O)Nc2cccc(C(=O)NC(C)c3cc(C)ccc3C)c2)cc1. The maximum Gasteiger partial charge on any atom is 0.261 e. The third kappa shape index (κ3) is 5.44. The fraction of sp³-hybridized carbons (Fsp3) is 0.208. The third-order valence-corrected chi connectivity index (χ3v) is 6.39. The van der Waals surface area contributed by atoms with Crippen molar-refractivity contribution in [3.05, 3.63) is 89.0 Å². The molecule has 0 aliphatic heterocycles. The van der Waals surface area contributed by atoms with Gasteiger partial charge in [0.1, 0.15) is 5.75 Å². The predicted octanol–water partition coefficient (Wildman–Crippen LogP) is 4.60. The molecule has 0 aromatic heterocycles. The fourth-order valence-electron chi connectivity index (χ4n) is 3.28. The van der Waals surface area contributed by atoms with E-state index in [2.05, 4.69) is 16.1 Å². The molecule has 0 radical (unpaired) electrons. The van der Waals surface area contributed by atoms with Crippen LogP contribution in [0.3, 0.4) is 0 Å². The molecule has 0 fully saturated rings. The van der Waals surface area contributed by atoms with E-state index in [4.69, 9.17) is 4.74 Å². The van der Waals surface area contributed by atoms with Gasteiger partial charge in [0.2, 0.25) is 0 Å². The highest BCUT2D eigenvalue weighted by Gasteiger charge is 2.17. The number of amides is 1. The fourth-order valence-corrected chi connectivity index (χ4v) is 4.33. The Kier molecular flexibility index (Phi) is 6.65. The number of rotatable bonds is 7. The Morgan fingerprint density at radius 2 is 1.68 bits per heavy atom. The molecule has 2 N–H and O–H groups in total. The summed E-state index contributed by atoms with van der Waals surface area (Å²) in [6.07, 6.45) is 0. The molecule has 31 heavy (non-hydrogen) atoms. The van der Waals surface area contributed by atoms with Crippen molar-refractivity contribution < 1.29 is 17.9 Å². The van der Waals surface area contributed by atoms with Crippen molar-refractivity contribution in [2.45, 2.75) is 31.7 Å². The number of aryl methyl sites for hydroxylation is 2. The van der Waals surface area contributed by atoms with Gasteiger partial charge in [0.15, 0.2) is 0 Å². The summed E-state index contributed by atoms with van der Waals surface area (Å²) in [4.78, 5) is 12.9. The van der Waals surface area contributed by atoms with E-state index in [-0.39, 0.29) is 16.8 Å². The maximum absolute atomic E-state index is 12.8. The molecular formula is C24H26N2O4S. The molecule has 1 atom stereocenters. The smallest absolute Gasteiger partial charge is 0.261 e.